The third-order valence-electron chi connectivity index (χ3n) is 3.63. The van der Waals surface area contributed by atoms with E-state index >= 15 is 0 Å². The second-order valence-electron chi connectivity index (χ2n) is 5.82. The molecular formula is C20H17ClN4O3. The highest BCUT2D eigenvalue weighted by atomic mass is 35.5. The van der Waals surface area contributed by atoms with Gasteiger partial charge in [0, 0.05) is 16.3 Å². The summed E-state index contributed by atoms with van der Waals surface area (Å²) in [4.78, 5) is 28.4. The fourth-order valence-electron chi connectivity index (χ4n) is 2.38. The van der Waals surface area contributed by atoms with Gasteiger partial charge in [0.25, 0.3) is 5.91 Å². The molecule has 0 atom stereocenters. The number of hydrogen-bond acceptors (Lipinski definition) is 5. The maximum absolute atomic E-state index is 12.4. The summed E-state index contributed by atoms with van der Waals surface area (Å²) in [5.41, 5.74) is 7.04. The molecule has 0 bridgehead atoms. The normalized spacial score (nSPS) is 10.2. The average Bonchev–Trinajstić information content (AvgIpc) is 2.67. The van der Waals surface area contributed by atoms with Crippen LogP contribution in [-0.2, 0) is 11.3 Å². The molecule has 3 rings (SSSR count). The number of halogens is 1. The molecular weight excluding hydrogens is 380 g/mol. The number of carbonyl (C=O) groups excluding carboxylic acids is 2. The number of hydrogen-bond donors (Lipinski definition) is 3. The van der Waals surface area contributed by atoms with Gasteiger partial charge >= 0.3 is 6.09 Å². The van der Waals surface area contributed by atoms with Gasteiger partial charge in [-0.15, -0.1) is 0 Å². The number of anilines is 3. The molecule has 0 aliphatic carbocycles. The molecule has 1 heterocycles. The van der Waals surface area contributed by atoms with Gasteiger partial charge in [-0.05, 0) is 35.9 Å². The number of carbonyl (C=O) groups is 2. The molecule has 8 heteroatoms. The standard InChI is InChI=1S/C20H17ClN4O3/c21-15-9-14(19(26)25-18-8-4-7-17(22)24-18)10-16(11-15)23-20(27)28-12-13-5-2-1-3-6-13/h1-11H,12H2,(H,23,27)(H3,22,24,25,26). The van der Waals surface area contributed by atoms with Crippen LogP contribution in [0.3, 0.4) is 0 Å². The number of benzene rings is 2. The summed E-state index contributed by atoms with van der Waals surface area (Å²) in [5.74, 6) is 0.149. The molecule has 0 fully saturated rings. The SMILES string of the molecule is Nc1cccc(NC(=O)c2cc(Cl)cc(NC(=O)OCc3ccccc3)c2)n1. The number of ether oxygens (including phenoxy) is 1. The second-order valence-corrected chi connectivity index (χ2v) is 6.25. The summed E-state index contributed by atoms with van der Waals surface area (Å²) >= 11 is 6.07. The van der Waals surface area contributed by atoms with E-state index in [2.05, 4.69) is 15.6 Å². The molecule has 2 aromatic carbocycles. The Morgan fingerprint density at radius 3 is 2.54 bits per heavy atom. The van der Waals surface area contributed by atoms with Gasteiger partial charge in [0.05, 0.1) is 0 Å². The predicted octanol–water partition coefficient (Wildman–Crippen LogP) is 4.32. The van der Waals surface area contributed by atoms with Crippen LogP contribution in [0, 0.1) is 0 Å². The van der Waals surface area contributed by atoms with E-state index < -0.39 is 12.0 Å². The highest BCUT2D eigenvalue weighted by molar-refractivity contribution is 6.31. The van der Waals surface area contributed by atoms with Crippen LogP contribution < -0.4 is 16.4 Å². The fourth-order valence-corrected chi connectivity index (χ4v) is 2.61. The highest BCUT2D eigenvalue weighted by Gasteiger charge is 2.12. The molecule has 0 saturated heterocycles. The van der Waals surface area contributed by atoms with E-state index in [1.807, 2.05) is 30.3 Å². The van der Waals surface area contributed by atoms with Gasteiger partial charge in [-0.1, -0.05) is 48.0 Å². The van der Waals surface area contributed by atoms with Gasteiger partial charge < -0.3 is 15.8 Å². The summed E-state index contributed by atoms with van der Waals surface area (Å²) < 4.78 is 5.16. The van der Waals surface area contributed by atoms with Crippen molar-refractivity contribution in [3.05, 3.63) is 82.9 Å². The summed E-state index contributed by atoms with van der Waals surface area (Å²) in [6, 6.07) is 18.6. The molecule has 0 spiro atoms. The van der Waals surface area contributed by atoms with Crippen molar-refractivity contribution in [2.24, 2.45) is 0 Å². The highest BCUT2D eigenvalue weighted by Crippen LogP contribution is 2.20. The minimum atomic E-state index is -0.657. The Kier molecular flexibility index (Phi) is 6.08. The third kappa shape index (κ3) is 5.46. The molecule has 1 aromatic heterocycles. The van der Waals surface area contributed by atoms with E-state index in [-0.39, 0.29) is 23.0 Å². The molecule has 0 saturated carbocycles. The number of pyridine rings is 1. The lowest BCUT2D eigenvalue weighted by Gasteiger charge is -2.10. The van der Waals surface area contributed by atoms with Gasteiger partial charge in [0.15, 0.2) is 0 Å². The minimum Gasteiger partial charge on any atom is -0.444 e. The van der Waals surface area contributed by atoms with Crippen molar-refractivity contribution < 1.29 is 14.3 Å². The fraction of sp³-hybridized carbons (Fsp3) is 0.0500. The Hall–Kier alpha value is -3.58. The largest absolute Gasteiger partial charge is 0.444 e. The van der Waals surface area contributed by atoms with E-state index in [1.165, 1.54) is 18.2 Å². The van der Waals surface area contributed by atoms with Crippen LogP contribution in [0.1, 0.15) is 15.9 Å². The number of nitrogen functional groups attached to an aromatic ring is 1. The molecule has 142 valence electrons. The first kappa shape index (κ1) is 19.2. The molecule has 2 amide bonds. The maximum Gasteiger partial charge on any atom is 0.411 e. The van der Waals surface area contributed by atoms with Crippen molar-refractivity contribution in [3.63, 3.8) is 0 Å². The van der Waals surface area contributed by atoms with Crippen LogP contribution in [0.2, 0.25) is 5.02 Å². The lowest BCUT2D eigenvalue weighted by atomic mass is 10.2. The zero-order valence-corrected chi connectivity index (χ0v) is 15.4. The van der Waals surface area contributed by atoms with Crippen molar-refractivity contribution in [1.29, 1.82) is 0 Å². The van der Waals surface area contributed by atoms with Crippen molar-refractivity contribution in [3.8, 4) is 0 Å². The Morgan fingerprint density at radius 2 is 1.79 bits per heavy atom. The Labute approximate surface area is 166 Å². The Bertz CT molecular complexity index is 996. The van der Waals surface area contributed by atoms with E-state index in [9.17, 15) is 9.59 Å². The number of nitrogens with one attached hydrogen (secondary N) is 2. The van der Waals surface area contributed by atoms with Crippen LogP contribution in [0.25, 0.3) is 0 Å². The maximum atomic E-state index is 12.4. The van der Waals surface area contributed by atoms with Gasteiger partial charge in [-0.3, -0.25) is 10.1 Å². The minimum absolute atomic E-state index is 0.127. The van der Waals surface area contributed by atoms with Gasteiger partial charge in [0.2, 0.25) is 0 Å². The summed E-state index contributed by atoms with van der Waals surface area (Å²) in [5, 5.41) is 5.46. The van der Waals surface area contributed by atoms with Gasteiger partial charge in [-0.25, -0.2) is 9.78 Å². The molecule has 0 aliphatic rings. The van der Waals surface area contributed by atoms with Crippen molar-refractivity contribution >= 4 is 40.9 Å². The van der Waals surface area contributed by atoms with Crippen molar-refractivity contribution in [2.45, 2.75) is 6.61 Å². The van der Waals surface area contributed by atoms with Crippen LogP contribution in [-0.4, -0.2) is 17.0 Å². The first-order valence-electron chi connectivity index (χ1n) is 8.32. The van der Waals surface area contributed by atoms with E-state index in [4.69, 9.17) is 22.1 Å². The lowest BCUT2D eigenvalue weighted by molar-refractivity contribution is 0.102. The van der Waals surface area contributed by atoms with E-state index in [1.54, 1.807) is 18.2 Å². The number of nitrogens with zero attached hydrogens (tertiary/aromatic N) is 1. The summed E-state index contributed by atoms with van der Waals surface area (Å²) in [6.07, 6.45) is -0.657. The van der Waals surface area contributed by atoms with E-state index in [0.29, 0.717) is 11.5 Å². The van der Waals surface area contributed by atoms with E-state index in [0.717, 1.165) is 5.56 Å². The Balaban J connectivity index is 1.65. The number of rotatable bonds is 5. The monoisotopic (exact) mass is 396 g/mol. The predicted molar refractivity (Wildman–Crippen MR) is 108 cm³/mol. The first-order chi connectivity index (χ1) is 13.5. The summed E-state index contributed by atoms with van der Waals surface area (Å²) in [6.45, 7) is 0.127. The number of amides is 2. The van der Waals surface area contributed by atoms with Crippen LogP contribution in [0.15, 0.2) is 66.7 Å². The van der Waals surface area contributed by atoms with Crippen molar-refractivity contribution in [1.82, 2.24) is 4.98 Å². The third-order valence-corrected chi connectivity index (χ3v) is 3.85. The number of nitrogens with two attached hydrogens (primary N) is 1. The molecule has 7 nitrogen and oxygen atoms in total. The van der Waals surface area contributed by atoms with Crippen molar-refractivity contribution in [2.75, 3.05) is 16.4 Å². The molecule has 0 radical (unpaired) electrons. The molecule has 28 heavy (non-hydrogen) atoms. The molecule has 0 unspecified atom stereocenters. The smallest absolute Gasteiger partial charge is 0.411 e. The van der Waals surface area contributed by atoms with Crippen LogP contribution in [0.4, 0.5) is 22.1 Å². The topological polar surface area (TPSA) is 106 Å². The summed E-state index contributed by atoms with van der Waals surface area (Å²) in [7, 11) is 0. The number of aromatic nitrogens is 1. The molecule has 4 N–H and O–H groups in total. The average molecular weight is 397 g/mol. The molecule has 0 aliphatic heterocycles. The van der Waals surface area contributed by atoms with Gasteiger partial charge in [0.1, 0.15) is 18.2 Å². The van der Waals surface area contributed by atoms with Crippen LogP contribution in [0.5, 0.6) is 0 Å². The van der Waals surface area contributed by atoms with Gasteiger partial charge in [-0.2, -0.15) is 0 Å². The lowest BCUT2D eigenvalue weighted by Crippen LogP contribution is -2.16. The zero-order valence-electron chi connectivity index (χ0n) is 14.7. The second kappa shape index (κ2) is 8.88. The first-order valence-corrected chi connectivity index (χ1v) is 8.69. The quantitative estimate of drug-likeness (QED) is 0.595. The molecule has 3 aromatic rings. The Morgan fingerprint density at radius 1 is 1.00 bits per heavy atom. The van der Waals surface area contributed by atoms with Crippen LogP contribution >= 0.6 is 11.6 Å². The zero-order chi connectivity index (χ0) is 19.9.